The molecule has 9 heteroatoms. The van der Waals surface area contributed by atoms with Gasteiger partial charge in [-0.1, -0.05) is 18.2 Å². The predicted molar refractivity (Wildman–Crippen MR) is 115 cm³/mol. The molecule has 8 nitrogen and oxygen atoms in total. The summed E-state index contributed by atoms with van der Waals surface area (Å²) in [6.45, 7) is 0. The van der Waals surface area contributed by atoms with Crippen molar-refractivity contribution in [2.24, 2.45) is 16.9 Å². The fourth-order valence-electron chi connectivity index (χ4n) is 4.81. The molecule has 3 aliphatic heterocycles. The minimum absolute atomic E-state index is 0.0668. The van der Waals surface area contributed by atoms with Gasteiger partial charge in [-0.3, -0.25) is 19.4 Å². The van der Waals surface area contributed by atoms with E-state index in [4.69, 9.17) is 4.74 Å². The van der Waals surface area contributed by atoms with E-state index in [9.17, 15) is 23.6 Å². The van der Waals surface area contributed by atoms with E-state index in [2.05, 4.69) is 5.10 Å². The molecule has 33 heavy (non-hydrogen) atoms. The van der Waals surface area contributed by atoms with Gasteiger partial charge in [-0.2, -0.15) is 5.10 Å². The lowest BCUT2D eigenvalue weighted by molar-refractivity contribution is -0.123. The number of anilines is 1. The lowest BCUT2D eigenvalue weighted by Crippen LogP contribution is -2.46. The molecule has 0 saturated carbocycles. The molecule has 2 aromatic rings. The molecule has 0 radical (unpaired) electrons. The Morgan fingerprint density at radius 3 is 2.42 bits per heavy atom. The Balaban J connectivity index is 1.59. The summed E-state index contributed by atoms with van der Waals surface area (Å²) in [7, 11) is 1.21. The van der Waals surface area contributed by atoms with Crippen molar-refractivity contribution in [2.45, 2.75) is 12.1 Å². The number of imide groups is 1. The predicted octanol–water partition coefficient (Wildman–Crippen LogP) is 2.21. The molecule has 3 aliphatic rings. The molecule has 2 fully saturated rings. The first-order valence-electron chi connectivity index (χ1n) is 10.3. The fourth-order valence-corrected chi connectivity index (χ4v) is 4.81. The van der Waals surface area contributed by atoms with Crippen LogP contribution in [-0.4, -0.2) is 54.0 Å². The van der Waals surface area contributed by atoms with E-state index in [0.717, 1.165) is 17.0 Å². The van der Waals surface area contributed by atoms with Gasteiger partial charge in [-0.15, -0.1) is 0 Å². The van der Waals surface area contributed by atoms with Gasteiger partial charge < -0.3 is 4.74 Å². The Labute approximate surface area is 187 Å². The lowest BCUT2D eigenvalue weighted by Gasteiger charge is -2.30. The lowest BCUT2D eigenvalue weighted by atomic mass is 9.86. The van der Waals surface area contributed by atoms with Crippen LogP contribution in [0.3, 0.4) is 0 Å². The number of fused-ring (bicyclic) bond motifs is 3. The van der Waals surface area contributed by atoms with Crippen LogP contribution in [0.2, 0.25) is 0 Å². The number of halogens is 1. The summed E-state index contributed by atoms with van der Waals surface area (Å²) >= 11 is 0. The van der Waals surface area contributed by atoms with Crippen molar-refractivity contribution in [3.63, 3.8) is 0 Å². The van der Waals surface area contributed by atoms with E-state index in [0.29, 0.717) is 0 Å². The van der Waals surface area contributed by atoms with Crippen LogP contribution in [0.5, 0.6) is 0 Å². The van der Waals surface area contributed by atoms with Gasteiger partial charge in [-0.05, 0) is 42.5 Å². The summed E-state index contributed by atoms with van der Waals surface area (Å²) in [6, 6.07) is 9.51. The number of rotatable bonds is 4. The van der Waals surface area contributed by atoms with Gasteiger partial charge in [0, 0.05) is 11.8 Å². The second-order valence-electron chi connectivity index (χ2n) is 7.91. The number of carbonyl (C=O) groups excluding carboxylic acids is 4. The largest absolute Gasteiger partial charge is 0.465 e. The Bertz CT molecular complexity index is 1240. The highest BCUT2D eigenvalue weighted by Crippen LogP contribution is 2.46. The highest BCUT2D eigenvalue weighted by molar-refractivity contribution is 6.26. The maximum Gasteiger partial charge on any atom is 0.339 e. The van der Waals surface area contributed by atoms with Gasteiger partial charge in [-0.25, -0.2) is 14.1 Å². The van der Waals surface area contributed by atoms with E-state index in [1.807, 2.05) is 0 Å². The minimum Gasteiger partial charge on any atom is -0.465 e. The molecule has 5 rings (SSSR count). The van der Waals surface area contributed by atoms with Crippen LogP contribution in [0.4, 0.5) is 10.1 Å². The number of ketones is 1. The summed E-state index contributed by atoms with van der Waals surface area (Å²) in [4.78, 5) is 53.9. The Kier molecular flexibility index (Phi) is 4.88. The molecule has 4 atom stereocenters. The van der Waals surface area contributed by atoms with Gasteiger partial charge in [0.25, 0.3) is 0 Å². The first kappa shape index (κ1) is 20.7. The number of para-hydroxylation sites is 1. The molecule has 2 aromatic carbocycles. The maximum atomic E-state index is 13.6. The number of benzene rings is 2. The third-order valence-corrected chi connectivity index (χ3v) is 6.24. The molecule has 3 heterocycles. The van der Waals surface area contributed by atoms with Crippen LogP contribution in [-0.2, 0) is 14.3 Å². The van der Waals surface area contributed by atoms with Crippen molar-refractivity contribution in [3.8, 4) is 0 Å². The molecule has 0 spiro atoms. The smallest absolute Gasteiger partial charge is 0.339 e. The zero-order valence-corrected chi connectivity index (χ0v) is 17.4. The third kappa shape index (κ3) is 3.07. The molecular formula is C24H18FN3O5. The quantitative estimate of drug-likeness (QED) is 0.405. The van der Waals surface area contributed by atoms with Crippen molar-refractivity contribution in [3.05, 3.63) is 77.6 Å². The second-order valence-corrected chi connectivity index (χ2v) is 7.91. The van der Waals surface area contributed by atoms with Gasteiger partial charge in [0.1, 0.15) is 11.9 Å². The van der Waals surface area contributed by atoms with Gasteiger partial charge >= 0.3 is 5.97 Å². The SMILES string of the molecule is COC(=O)c1ccccc1N1C(=O)C2C(C1=O)C(C(=O)c1ccc(F)cc1)N1N=CC=CC21. The molecule has 0 aromatic heterocycles. The van der Waals surface area contributed by atoms with Crippen molar-refractivity contribution in [2.75, 3.05) is 12.0 Å². The molecule has 0 N–H and O–H groups in total. The van der Waals surface area contributed by atoms with E-state index >= 15 is 0 Å². The number of ether oxygens (including phenoxy) is 1. The van der Waals surface area contributed by atoms with E-state index in [-0.39, 0.29) is 16.8 Å². The standard InChI is InChI=1S/C24H18FN3O5/c1-33-24(32)15-5-2-3-6-16(15)27-22(30)18-17-7-4-12-26-28(17)20(19(18)23(27)31)21(29)13-8-10-14(25)11-9-13/h2-12,17-20H,1H3. The molecule has 166 valence electrons. The number of amides is 2. The van der Waals surface area contributed by atoms with Crippen LogP contribution in [0.1, 0.15) is 20.7 Å². The summed E-state index contributed by atoms with van der Waals surface area (Å²) in [5.74, 6) is -4.63. The highest BCUT2D eigenvalue weighted by atomic mass is 19.1. The Morgan fingerprint density at radius 2 is 1.70 bits per heavy atom. The summed E-state index contributed by atoms with van der Waals surface area (Å²) in [6.07, 6.45) is 4.87. The molecule has 0 bridgehead atoms. The molecule has 2 saturated heterocycles. The molecule has 4 unspecified atom stereocenters. The number of esters is 1. The number of methoxy groups -OCH3 is 1. The van der Waals surface area contributed by atoms with Crippen molar-refractivity contribution in [1.29, 1.82) is 0 Å². The van der Waals surface area contributed by atoms with Gasteiger partial charge in [0.15, 0.2) is 5.78 Å². The average molecular weight is 447 g/mol. The van der Waals surface area contributed by atoms with Crippen molar-refractivity contribution >= 4 is 35.5 Å². The fraction of sp³-hybridized carbons (Fsp3) is 0.208. The number of hydrogen-bond donors (Lipinski definition) is 0. The normalized spacial score (nSPS) is 25.3. The average Bonchev–Trinajstić information content (AvgIpc) is 3.31. The third-order valence-electron chi connectivity index (χ3n) is 6.24. The number of Topliss-reactive ketones (excluding diaryl/α,β-unsaturated/α-hetero) is 1. The van der Waals surface area contributed by atoms with Crippen LogP contribution in [0, 0.1) is 17.7 Å². The van der Waals surface area contributed by atoms with Gasteiger partial charge in [0.2, 0.25) is 11.8 Å². The van der Waals surface area contributed by atoms with Crippen LogP contribution in [0.15, 0.2) is 65.8 Å². The maximum absolute atomic E-state index is 13.6. The van der Waals surface area contributed by atoms with E-state index < -0.39 is 53.3 Å². The second kappa shape index (κ2) is 7.77. The highest BCUT2D eigenvalue weighted by Gasteiger charge is 2.64. The zero-order valence-electron chi connectivity index (χ0n) is 17.4. The van der Waals surface area contributed by atoms with Crippen LogP contribution in [0.25, 0.3) is 0 Å². The Hall–Kier alpha value is -4.14. The molecule has 2 amide bonds. The van der Waals surface area contributed by atoms with E-state index in [1.165, 1.54) is 42.6 Å². The number of hydrazone groups is 1. The van der Waals surface area contributed by atoms with Gasteiger partial charge in [0.05, 0.1) is 36.2 Å². The molecular weight excluding hydrogens is 429 g/mol. The first-order chi connectivity index (χ1) is 15.9. The van der Waals surface area contributed by atoms with Crippen molar-refractivity contribution in [1.82, 2.24) is 5.01 Å². The number of nitrogens with zero attached hydrogens (tertiary/aromatic N) is 3. The number of allylic oxidation sites excluding steroid dienone is 1. The monoisotopic (exact) mass is 447 g/mol. The van der Waals surface area contributed by atoms with Crippen LogP contribution < -0.4 is 4.90 Å². The van der Waals surface area contributed by atoms with Crippen LogP contribution >= 0.6 is 0 Å². The number of carbonyl (C=O) groups is 4. The zero-order chi connectivity index (χ0) is 23.3. The minimum atomic E-state index is -1.06. The summed E-state index contributed by atoms with van der Waals surface area (Å²) in [5.41, 5.74) is 0.382. The first-order valence-corrected chi connectivity index (χ1v) is 10.3. The molecule has 0 aliphatic carbocycles. The summed E-state index contributed by atoms with van der Waals surface area (Å²) in [5, 5.41) is 5.75. The number of hydrogen-bond acceptors (Lipinski definition) is 7. The summed E-state index contributed by atoms with van der Waals surface area (Å²) < 4.78 is 18.2. The van der Waals surface area contributed by atoms with Crippen molar-refractivity contribution < 1.29 is 28.3 Å². The van der Waals surface area contributed by atoms with E-state index in [1.54, 1.807) is 24.3 Å². The Morgan fingerprint density at radius 1 is 1.00 bits per heavy atom. The topological polar surface area (TPSA) is 96.3 Å².